The number of hydrazine groups is 1. The van der Waals surface area contributed by atoms with Crippen molar-refractivity contribution in [1.29, 1.82) is 0 Å². The lowest BCUT2D eigenvalue weighted by molar-refractivity contribution is -0.150. The number of hydrogen-bond acceptors (Lipinski definition) is 7. The van der Waals surface area contributed by atoms with E-state index in [0.29, 0.717) is 0 Å². The van der Waals surface area contributed by atoms with Crippen LogP contribution in [0.5, 0.6) is 0 Å². The number of ether oxygens (including phenoxy) is 2. The molecular formula is C17H30N4O7. The van der Waals surface area contributed by atoms with Gasteiger partial charge in [-0.1, -0.05) is 13.8 Å². The van der Waals surface area contributed by atoms with Gasteiger partial charge in [-0.25, -0.2) is 9.80 Å². The second kappa shape index (κ2) is 11.1. The van der Waals surface area contributed by atoms with Gasteiger partial charge in [-0.2, -0.15) is 0 Å². The van der Waals surface area contributed by atoms with Crippen LogP contribution in [0.3, 0.4) is 0 Å². The fraction of sp³-hybridized carbons (Fsp3) is 0.706. The van der Waals surface area contributed by atoms with Crippen LogP contribution >= 0.6 is 0 Å². The Hall–Kier alpha value is -2.85. The average Bonchev–Trinajstić information content (AvgIpc) is 2.55. The van der Waals surface area contributed by atoms with E-state index in [1.807, 2.05) is 0 Å². The number of carbonyl (C=O) groups is 5. The number of alkyl carbamates (subject to hydrolysis) is 1. The lowest BCUT2D eigenvalue weighted by Gasteiger charge is -2.32. The molecule has 0 spiro atoms. The van der Waals surface area contributed by atoms with Crippen LogP contribution in [-0.2, 0) is 28.7 Å². The number of carbonyl (C=O) groups excluding carboxylic acids is 5. The zero-order valence-electron chi connectivity index (χ0n) is 17.4. The number of rotatable bonds is 7. The molecule has 0 heterocycles. The van der Waals surface area contributed by atoms with Crippen LogP contribution in [0.25, 0.3) is 0 Å². The van der Waals surface area contributed by atoms with E-state index in [2.05, 4.69) is 20.8 Å². The van der Waals surface area contributed by atoms with E-state index >= 15 is 0 Å². The first-order valence-electron chi connectivity index (χ1n) is 8.69. The lowest BCUT2D eigenvalue weighted by Crippen LogP contribution is -2.60. The van der Waals surface area contributed by atoms with Gasteiger partial charge in [0.2, 0.25) is 11.8 Å². The molecule has 0 radical (unpaired) electrons. The van der Waals surface area contributed by atoms with E-state index < -0.39 is 48.0 Å². The smallest absolute Gasteiger partial charge is 0.408 e. The summed E-state index contributed by atoms with van der Waals surface area (Å²) >= 11 is 0. The van der Waals surface area contributed by atoms with E-state index in [-0.39, 0.29) is 12.5 Å². The van der Waals surface area contributed by atoms with Crippen LogP contribution in [0, 0.1) is 5.92 Å². The summed E-state index contributed by atoms with van der Waals surface area (Å²) in [5.41, 5.74) is 1.57. The second-order valence-electron chi connectivity index (χ2n) is 7.26. The molecule has 0 aromatic rings. The third kappa shape index (κ3) is 9.74. The van der Waals surface area contributed by atoms with Crippen molar-refractivity contribution >= 4 is 29.8 Å². The highest BCUT2D eigenvalue weighted by Gasteiger charge is 2.32. The van der Waals surface area contributed by atoms with Gasteiger partial charge in [0.25, 0.3) is 5.91 Å². The Morgan fingerprint density at radius 2 is 1.57 bits per heavy atom. The SMILES string of the molecule is COC(=O)CNC(=O)C(C(C)C)N(NC(=O)CNC(=O)OC(C)(C)C)C(C)=O. The highest BCUT2D eigenvalue weighted by Crippen LogP contribution is 2.10. The van der Waals surface area contributed by atoms with Gasteiger partial charge in [-0.05, 0) is 26.7 Å². The first-order chi connectivity index (χ1) is 12.8. The molecule has 0 fully saturated rings. The molecule has 0 aromatic heterocycles. The van der Waals surface area contributed by atoms with E-state index in [1.165, 1.54) is 14.0 Å². The highest BCUT2D eigenvalue weighted by molar-refractivity contribution is 5.91. The molecule has 160 valence electrons. The Morgan fingerprint density at radius 3 is 2.00 bits per heavy atom. The van der Waals surface area contributed by atoms with Crippen molar-refractivity contribution in [3.8, 4) is 0 Å². The molecule has 0 saturated heterocycles. The maximum absolute atomic E-state index is 12.4. The van der Waals surface area contributed by atoms with Gasteiger partial charge in [0.1, 0.15) is 24.7 Å². The normalized spacial score (nSPS) is 11.9. The maximum Gasteiger partial charge on any atom is 0.408 e. The molecule has 4 amide bonds. The molecule has 0 bridgehead atoms. The number of hydrogen-bond donors (Lipinski definition) is 3. The number of nitrogens with one attached hydrogen (secondary N) is 3. The molecule has 11 heteroatoms. The van der Waals surface area contributed by atoms with Crippen LogP contribution in [0.1, 0.15) is 41.5 Å². The summed E-state index contributed by atoms with van der Waals surface area (Å²) in [6.07, 6.45) is -0.798. The standard InChI is InChI=1S/C17H30N4O7/c1-10(2)14(15(25)18-9-13(24)27-7)21(11(3)22)20-12(23)8-19-16(26)28-17(4,5)6/h10,14H,8-9H2,1-7H3,(H,18,25)(H,19,26)(H,20,23). The molecule has 0 saturated carbocycles. The van der Waals surface area contributed by atoms with Crippen LogP contribution in [0.2, 0.25) is 0 Å². The Bertz CT molecular complexity index is 599. The van der Waals surface area contributed by atoms with Crippen molar-refractivity contribution in [3.05, 3.63) is 0 Å². The fourth-order valence-electron chi connectivity index (χ4n) is 2.04. The van der Waals surface area contributed by atoms with Gasteiger partial charge in [0.05, 0.1) is 7.11 Å². The zero-order valence-corrected chi connectivity index (χ0v) is 17.4. The number of methoxy groups -OCH3 is 1. The first-order valence-corrected chi connectivity index (χ1v) is 8.69. The Labute approximate surface area is 164 Å². The van der Waals surface area contributed by atoms with E-state index in [4.69, 9.17) is 4.74 Å². The summed E-state index contributed by atoms with van der Waals surface area (Å²) in [5.74, 6) is -3.02. The number of esters is 1. The number of nitrogens with zero attached hydrogens (tertiary/aromatic N) is 1. The summed E-state index contributed by atoms with van der Waals surface area (Å²) in [5, 5.41) is 5.46. The second-order valence-corrected chi connectivity index (χ2v) is 7.26. The summed E-state index contributed by atoms with van der Waals surface area (Å²) in [4.78, 5) is 59.3. The summed E-state index contributed by atoms with van der Waals surface area (Å²) in [6.45, 7) is 8.68. The van der Waals surface area contributed by atoms with E-state index in [9.17, 15) is 24.0 Å². The predicted octanol–water partition coefficient (Wildman–Crippen LogP) is -0.295. The Morgan fingerprint density at radius 1 is 1.00 bits per heavy atom. The largest absolute Gasteiger partial charge is 0.468 e. The third-order valence-electron chi connectivity index (χ3n) is 3.19. The summed E-state index contributed by atoms with van der Waals surface area (Å²) < 4.78 is 9.46. The molecule has 11 nitrogen and oxygen atoms in total. The monoisotopic (exact) mass is 402 g/mol. The van der Waals surface area contributed by atoms with Crippen LogP contribution in [0.15, 0.2) is 0 Å². The molecule has 0 aliphatic heterocycles. The van der Waals surface area contributed by atoms with Gasteiger partial charge in [-0.15, -0.1) is 0 Å². The van der Waals surface area contributed by atoms with Crippen molar-refractivity contribution in [2.45, 2.75) is 53.2 Å². The Balaban J connectivity index is 5.01. The first kappa shape index (κ1) is 25.1. The molecule has 0 aliphatic rings. The topological polar surface area (TPSA) is 143 Å². The number of amides is 4. The lowest BCUT2D eigenvalue weighted by atomic mass is 10.0. The fourth-order valence-corrected chi connectivity index (χ4v) is 2.04. The van der Waals surface area contributed by atoms with Crippen LogP contribution in [-0.4, -0.2) is 66.6 Å². The van der Waals surface area contributed by atoms with Crippen LogP contribution < -0.4 is 16.1 Å². The predicted molar refractivity (Wildman–Crippen MR) is 98.6 cm³/mol. The minimum absolute atomic E-state index is 0.377. The highest BCUT2D eigenvalue weighted by atomic mass is 16.6. The van der Waals surface area contributed by atoms with Gasteiger partial charge in [-0.3, -0.25) is 24.6 Å². The van der Waals surface area contributed by atoms with Crippen molar-refractivity contribution in [1.82, 2.24) is 21.1 Å². The Kier molecular flexibility index (Phi) is 9.97. The van der Waals surface area contributed by atoms with Crippen molar-refractivity contribution < 1.29 is 33.4 Å². The molecule has 1 unspecified atom stereocenters. The summed E-state index contributed by atoms with van der Waals surface area (Å²) in [7, 11) is 1.17. The van der Waals surface area contributed by atoms with E-state index in [0.717, 1.165) is 5.01 Å². The molecule has 0 aromatic carbocycles. The zero-order chi connectivity index (χ0) is 22.1. The van der Waals surface area contributed by atoms with Gasteiger partial charge in [0, 0.05) is 6.92 Å². The molecule has 0 rings (SSSR count). The van der Waals surface area contributed by atoms with Crippen molar-refractivity contribution in [2.24, 2.45) is 5.92 Å². The minimum Gasteiger partial charge on any atom is -0.468 e. The maximum atomic E-state index is 12.4. The van der Waals surface area contributed by atoms with E-state index in [1.54, 1.807) is 34.6 Å². The molecule has 1 atom stereocenters. The van der Waals surface area contributed by atoms with Gasteiger partial charge in [0.15, 0.2) is 0 Å². The average molecular weight is 402 g/mol. The van der Waals surface area contributed by atoms with Crippen LogP contribution in [0.4, 0.5) is 4.79 Å². The van der Waals surface area contributed by atoms with Crippen molar-refractivity contribution in [3.63, 3.8) is 0 Å². The molecular weight excluding hydrogens is 372 g/mol. The molecule has 3 N–H and O–H groups in total. The van der Waals surface area contributed by atoms with Crippen molar-refractivity contribution in [2.75, 3.05) is 20.2 Å². The third-order valence-corrected chi connectivity index (χ3v) is 3.19. The van der Waals surface area contributed by atoms with Gasteiger partial charge < -0.3 is 20.1 Å². The van der Waals surface area contributed by atoms with Gasteiger partial charge >= 0.3 is 12.1 Å². The quantitative estimate of drug-likeness (QED) is 0.392. The molecule has 0 aliphatic carbocycles. The minimum atomic E-state index is -1.08. The summed E-state index contributed by atoms with van der Waals surface area (Å²) in [6, 6.07) is -1.08. The molecule has 28 heavy (non-hydrogen) atoms.